The Kier molecular flexibility index (Phi) is 1.94. The third-order valence-electron chi connectivity index (χ3n) is 2.81. The summed E-state index contributed by atoms with van der Waals surface area (Å²) in [7, 11) is 0. The lowest BCUT2D eigenvalue weighted by Gasteiger charge is -2.21. The van der Waals surface area contributed by atoms with E-state index in [2.05, 4.69) is 0 Å². The molecule has 0 aromatic rings. The first-order chi connectivity index (χ1) is 6.22. The van der Waals surface area contributed by atoms with E-state index in [4.69, 9.17) is 4.74 Å². The van der Waals surface area contributed by atoms with Gasteiger partial charge in [0, 0.05) is 24.3 Å². The Labute approximate surface area is 76.8 Å². The minimum Gasteiger partial charge on any atom is -0.458 e. The van der Waals surface area contributed by atoms with Crippen LogP contribution in [0.1, 0.15) is 26.2 Å². The average Bonchev–Trinajstić information content (AvgIpc) is 2.40. The van der Waals surface area contributed by atoms with Gasteiger partial charge in [0.25, 0.3) is 0 Å². The lowest BCUT2D eigenvalue weighted by atomic mass is 9.82. The van der Waals surface area contributed by atoms with Gasteiger partial charge in [-0.05, 0) is 13.3 Å². The van der Waals surface area contributed by atoms with Crippen molar-refractivity contribution in [1.82, 2.24) is 0 Å². The number of hydrogen-bond acceptors (Lipinski definition) is 3. The number of ether oxygens (including phenoxy) is 1. The Morgan fingerprint density at radius 2 is 2.23 bits per heavy atom. The topological polar surface area (TPSA) is 43.4 Å². The molecule has 1 aliphatic heterocycles. The number of esters is 1. The molecule has 0 amide bonds. The Hall–Kier alpha value is -1.12. The largest absolute Gasteiger partial charge is 0.458 e. The summed E-state index contributed by atoms with van der Waals surface area (Å²) < 4.78 is 5.16. The molecule has 3 nitrogen and oxygen atoms in total. The molecule has 0 spiro atoms. The molecule has 0 aromatic heterocycles. The average molecular weight is 180 g/mol. The fraction of sp³-hybridized carbons (Fsp3) is 0.600. The van der Waals surface area contributed by atoms with Crippen LogP contribution in [0.15, 0.2) is 11.6 Å². The highest BCUT2D eigenvalue weighted by atomic mass is 16.6. The van der Waals surface area contributed by atoms with E-state index in [0.29, 0.717) is 24.8 Å². The minimum atomic E-state index is -0.229. The fourth-order valence-corrected chi connectivity index (χ4v) is 2.12. The third-order valence-corrected chi connectivity index (χ3v) is 2.81. The number of fused-ring (bicyclic) bond motifs is 1. The van der Waals surface area contributed by atoms with Crippen molar-refractivity contribution in [2.45, 2.75) is 32.3 Å². The third kappa shape index (κ3) is 1.28. The molecule has 2 atom stereocenters. The summed E-state index contributed by atoms with van der Waals surface area (Å²) in [4.78, 5) is 22.5. The van der Waals surface area contributed by atoms with Gasteiger partial charge in [0.05, 0.1) is 0 Å². The highest BCUT2D eigenvalue weighted by molar-refractivity contribution is 5.93. The van der Waals surface area contributed by atoms with E-state index in [1.807, 2.05) is 6.92 Å². The first kappa shape index (κ1) is 8.48. The van der Waals surface area contributed by atoms with E-state index >= 15 is 0 Å². The summed E-state index contributed by atoms with van der Waals surface area (Å²) in [6, 6.07) is 0. The zero-order valence-corrected chi connectivity index (χ0v) is 7.58. The molecule has 2 fully saturated rings. The summed E-state index contributed by atoms with van der Waals surface area (Å²) in [5.74, 6) is 0.0600. The standard InChI is InChI=1S/C10H12O3/c1-2-7-8-5-6(11)3-4-9(8)13-10(7)12/h2,8-9H,3-5H2,1H3/b7-2-/t8-,9-/m1/s1. The van der Waals surface area contributed by atoms with Crippen LogP contribution in [0.4, 0.5) is 0 Å². The van der Waals surface area contributed by atoms with Gasteiger partial charge in [0.1, 0.15) is 11.9 Å². The van der Waals surface area contributed by atoms with Gasteiger partial charge >= 0.3 is 5.97 Å². The molecule has 13 heavy (non-hydrogen) atoms. The van der Waals surface area contributed by atoms with Crippen LogP contribution in [0.5, 0.6) is 0 Å². The Balaban J connectivity index is 2.25. The molecule has 1 aliphatic carbocycles. The Morgan fingerprint density at radius 3 is 2.92 bits per heavy atom. The van der Waals surface area contributed by atoms with E-state index < -0.39 is 0 Å². The number of ketones is 1. The van der Waals surface area contributed by atoms with Crippen molar-refractivity contribution >= 4 is 11.8 Å². The van der Waals surface area contributed by atoms with Crippen molar-refractivity contribution in [1.29, 1.82) is 0 Å². The maximum Gasteiger partial charge on any atom is 0.334 e. The molecule has 0 unspecified atom stereocenters. The lowest BCUT2D eigenvalue weighted by molar-refractivity contribution is -0.141. The molecule has 0 bridgehead atoms. The van der Waals surface area contributed by atoms with Gasteiger partial charge in [-0.25, -0.2) is 4.79 Å². The van der Waals surface area contributed by atoms with Crippen LogP contribution in [0.2, 0.25) is 0 Å². The molecule has 0 aromatic carbocycles. The van der Waals surface area contributed by atoms with Crippen LogP contribution in [0.3, 0.4) is 0 Å². The predicted octanol–water partition coefficient (Wildman–Crippen LogP) is 1.23. The van der Waals surface area contributed by atoms with Gasteiger partial charge in [0.2, 0.25) is 0 Å². The molecule has 1 saturated heterocycles. The molecular weight excluding hydrogens is 168 g/mol. The summed E-state index contributed by atoms with van der Waals surface area (Å²) in [6.45, 7) is 1.82. The van der Waals surface area contributed by atoms with Gasteiger partial charge in [0.15, 0.2) is 0 Å². The van der Waals surface area contributed by atoms with Crippen molar-refractivity contribution in [3.8, 4) is 0 Å². The normalized spacial score (nSPS) is 36.2. The number of Topliss-reactive ketones (excluding diaryl/α,β-unsaturated/α-hetero) is 1. The van der Waals surface area contributed by atoms with Crippen LogP contribution < -0.4 is 0 Å². The van der Waals surface area contributed by atoms with Crippen LogP contribution in [0.25, 0.3) is 0 Å². The maximum atomic E-state index is 11.3. The Morgan fingerprint density at radius 1 is 1.46 bits per heavy atom. The van der Waals surface area contributed by atoms with Crippen molar-refractivity contribution in [3.63, 3.8) is 0 Å². The van der Waals surface area contributed by atoms with Gasteiger partial charge in [-0.2, -0.15) is 0 Å². The van der Waals surface area contributed by atoms with Crippen molar-refractivity contribution in [3.05, 3.63) is 11.6 Å². The second kappa shape index (κ2) is 2.98. The van der Waals surface area contributed by atoms with Crippen molar-refractivity contribution < 1.29 is 14.3 Å². The molecule has 2 aliphatic rings. The quantitative estimate of drug-likeness (QED) is 0.416. The van der Waals surface area contributed by atoms with Crippen LogP contribution in [-0.4, -0.2) is 17.9 Å². The van der Waals surface area contributed by atoms with Gasteiger partial charge in [-0.1, -0.05) is 6.08 Å². The second-order valence-corrected chi connectivity index (χ2v) is 3.58. The minimum absolute atomic E-state index is 0.0311. The van der Waals surface area contributed by atoms with E-state index in [1.165, 1.54) is 0 Å². The smallest absolute Gasteiger partial charge is 0.334 e. The van der Waals surface area contributed by atoms with Crippen LogP contribution in [0, 0.1) is 5.92 Å². The molecule has 0 radical (unpaired) electrons. The van der Waals surface area contributed by atoms with Gasteiger partial charge < -0.3 is 4.74 Å². The summed E-state index contributed by atoms with van der Waals surface area (Å²) in [5, 5.41) is 0. The summed E-state index contributed by atoms with van der Waals surface area (Å²) in [5.41, 5.74) is 0.693. The van der Waals surface area contributed by atoms with Crippen molar-refractivity contribution in [2.24, 2.45) is 5.92 Å². The molecule has 3 heteroatoms. The first-order valence-corrected chi connectivity index (χ1v) is 4.61. The monoisotopic (exact) mass is 180 g/mol. The zero-order valence-electron chi connectivity index (χ0n) is 7.58. The predicted molar refractivity (Wildman–Crippen MR) is 46.0 cm³/mol. The van der Waals surface area contributed by atoms with E-state index in [1.54, 1.807) is 6.08 Å². The maximum absolute atomic E-state index is 11.3. The van der Waals surface area contributed by atoms with Crippen LogP contribution in [-0.2, 0) is 14.3 Å². The number of rotatable bonds is 0. The fourth-order valence-electron chi connectivity index (χ4n) is 2.12. The first-order valence-electron chi connectivity index (χ1n) is 4.61. The van der Waals surface area contributed by atoms with Gasteiger partial charge in [-0.15, -0.1) is 0 Å². The summed E-state index contributed by atoms with van der Waals surface area (Å²) >= 11 is 0. The van der Waals surface area contributed by atoms with Crippen LogP contribution >= 0.6 is 0 Å². The van der Waals surface area contributed by atoms with E-state index in [9.17, 15) is 9.59 Å². The molecule has 0 N–H and O–H groups in total. The zero-order chi connectivity index (χ0) is 9.42. The SMILES string of the molecule is C/C=C1\C(=O)O[C@@H]2CCC(=O)C[C@H]12. The number of allylic oxidation sites excluding steroid dienone is 1. The number of carbonyl (C=O) groups excluding carboxylic acids is 2. The summed E-state index contributed by atoms with van der Waals surface area (Å²) in [6.07, 6.45) is 3.48. The Bertz CT molecular complexity index is 291. The van der Waals surface area contributed by atoms with E-state index in [0.717, 1.165) is 0 Å². The highest BCUT2D eigenvalue weighted by Crippen LogP contribution is 2.36. The molecule has 2 rings (SSSR count). The second-order valence-electron chi connectivity index (χ2n) is 3.58. The lowest BCUT2D eigenvalue weighted by Crippen LogP contribution is -2.26. The molecule has 1 saturated carbocycles. The molecule has 70 valence electrons. The highest BCUT2D eigenvalue weighted by Gasteiger charge is 2.42. The van der Waals surface area contributed by atoms with Gasteiger partial charge in [-0.3, -0.25) is 4.79 Å². The van der Waals surface area contributed by atoms with E-state index in [-0.39, 0.29) is 23.8 Å². The number of carbonyl (C=O) groups is 2. The van der Waals surface area contributed by atoms with Crippen molar-refractivity contribution in [2.75, 3.05) is 0 Å². The molecule has 1 heterocycles. The number of hydrogen-bond donors (Lipinski definition) is 0. The molecular formula is C10H12O3.